The molecule has 0 saturated heterocycles. The van der Waals surface area contributed by atoms with Crippen molar-refractivity contribution < 1.29 is 80.2 Å². The summed E-state index contributed by atoms with van der Waals surface area (Å²) in [4.78, 5) is 72.7. The first-order valence-corrected chi connectivity index (χ1v) is 42.1. The van der Waals surface area contributed by atoms with Crippen molar-refractivity contribution >= 4 is 39.5 Å². The molecule has 0 amide bonds. The van der Waals surface area contributed by atoms with Gasteiger partial charge in [-0.3, -0.25) is 37.3 Å². The van der Waals surface area contributed by atoms with E-state index in [-0.39, 0.29) is 25.7 Å². The molecule has 0 aromatic carbocycles. The van der Waals surface area contributed by atoms with Crippen molar-refractivity contribution in [1.82, 2.24) is 0 Å². The van der Waals surface area contributed by atoms with Gasteiger partial charge in [0.1, 0.15) is 19.3 Å². The van der Waals surface area contributed by atoms with Gasteiger partial charge < -0.3 is 33.8 Å². The van der Waals surface area contributed by atoms with E-state index in [0.717, 1.165) is 102 Å². The molecular formula is C75H146O17P2. The number of aliphatic hydroxyl groups is 1. The number of carbonyl (C=O) groups is 4. The highest BCUT2D eigenvalue weighted by molar-refractivity contribution is 7.47. The zero-order chi connectivity index (χ0) is 69.1. The van der Waals surface area contributed by atoms with E-state index in [1.807, 2.05) is 0 Å². The van der Waals surface area contributed by atoms with Crippen LogP contribution < -0.4 is 0 Å². The Bertz CT molecular complexity index is 1810. The summed E-state index contributed by atoms with van der Waals surface area (Å²) in [5.74, 6) is -1.32. The molecule has 94 heavy (non-hydrogen) atoms. The Labute approximate surface area is 575 Å². The molecule has 0 aliphatic carbocycles. The summed E-state index contributed by atoms with van der Waals surface area (Å²) < 4.78 is 68.4. The lowest BCUT2D eigenvalue weighted by Gasteiger charge is -2.21. The van der Waals surface area contributed by atoms with E-state index >= 15 is 0 Å². The third-order valence-electron chi connectivity index (χ3n) is 17.5. The van der Waals surface area contributed by atoms with Gasteiger partial charge in [-0.1, -0.05) is 343 Å². The molecule has 558 valence electrons. The van der Waals surface area contributed by atoms with Gasteiger partial charge in [0.2, 0.25) is 0 Å². The van der Waals surface area contributed by atoms with Crippen molar-refractivity contribution in [2.45, 2.75) is 412 Å². The van der Waals surface area contributed by atoms with E-state index in [1.165, 1.54) is 212 Å². The maximum Gasteiger partial charge on any atom is 0.472 e. The van der Waals surface area contributed by atoms with Crippen molar-refractivity contribution in [2.24, 2.45) is 5.92 Å². The van der Waals surface area contributed by atoms with Crippen LogP contribution in [0.25, 0.3) is 0 Å². The maximum absolute atomic E-state index is 13.1. The van der Waals surface area contributed by atoms with E-state index in [9.17, 15) is 43.2 Å². The summed E-state index contributed by atoms with van der Waals surface area (Å²) in [5, 5.41) is 10.6. The van der Waals surface area contributed by atoms with Crippen molar-refractivity contribution in [3.63, 3.8) is 0 Å². The van der Waals surface area contributed by atoms with Gasteiger partial charge in [-0.25, -0.2) is 9.13 Å². The topological polar surface area (TPSA) is 237 Å². The number of esters is 4. The molecule has 0 bridgehead atoms. The molecular weight excluding hydrogens is 1230 g/mol. The first kappa shape index (κ1) is 92.1. The van der Waals surface area contributed by atoms with Crippen LogP contribution in [-0.4, -0.2) is 96.7 Å². The van der Waals surface area contributed by atoms with Crippen LogP contribution in [0.2, 0.25) is 0 Å². The minimum atomic E-state index is -4.96. The second-order valence-corrected chi connectivity index (χ2v) is 30.4. The number of hydrogen-bond acceptors (Lipinski definition) is 15. The van der Waals surface area contributed by atoms with Crippen LogP contribution in [-0.2, 0) is 65.4 Å². The molecule has 0 fully saturated rings. The Balaban J connectivity index is 5.22. The largest absolute Gasteiger partial charge is 0.472 e. The lowest BCUT2D eigenvalue weighted by atomic mass is 10.0. The fourth-order valence-electron chi connectivity index (χ4n) is 11.5. The van der Waals surface area contributed by atoms with Crippen LogP contribution in [0, 0.1) is 5.92 Å². The average molecular weight is 1380 g/mol. The Morgan fingerprint density at radius 1 is 0.287 bits per heavy atom. The first-order valence-electron chi connectivity index (χ1n) is 39.1. The second kappa shape index (κ2) is 68.2. The molecule has 0 saturated carbocycles. The monoisotopic (exact) mass is 1380 g/mol. The normalized spacial score (nSPS) is 14.0. The molecule has 0 rings (SSSR count). The molecule has 5 atom stereocenters. The van der Waals surface area contributed by atoms with Crippen LogP contribution in [0.15, 0.2) is 0 Å². The summed E-state index contributed by atoms with van der Waals surface area (Å²) in [7, 11) is -9.90. The summed E-state index contributed by atoms with van der Waals surface area (Å²) in [6, 6.07) is 0. The summed E-state index contributed by atoms with van der Waals surface area (Å²) in [6.45, 7) is 7.29. The first-order chi connectivity index (χ1) is 45.5. The summed E-state index contributed by atoms with van der Waals surface area (Å²) in [6.07, 6.45) is 56.8. The Morgan fingerprint density at radius 2 is 0.489 bits per heavy atom. The number of hydrogen-bond donors (Lipinski definition) is 3. The van der Waals surface area contributed by atoms with Crippen molar-refractivity contribution in [1.29, 1.82) is 0 Å². The number of phosphoric ester groups is 2. The predicted molar refractivity (Wildman–Crippen MR) is 382 cm³/mol. The maximum atomic E-state index is 13.1. The van der Waals surface area contributed by atoms with E-state index < -0.39 is 97.5 Å². The van der Waals surface area contributed by atoms with E-state index in [4.69, 9.17) is 37.0 Å². The third kappa shape index (κ3) is 68.6. The zero-order valence-corrected chi connectivity index (χ0v) is 62.9. The van der Waals surface area contributed by atoms with Gasteiger partial charge in [0.25, 0.3) is 0 Å². The Hall–Kier alpha value is -1.94. The van der Waals surface area contributed by atoms with Gasteiger partial charge in [-0.05, 0) is 31.6 Å². The number of unbranched alkanes of at least 4 members (excludes halogenated alkanes) is 47. The van der Waals surface area contributed by atoms with Gasteiger partial charge in [0.05, 0.1) is 26.4 Å². The molecule has 0 spiro atoms. The summed E-state index contributed by atoms with van der Waals surface area (Å²) in [5.41, 5.74) is 0. The van der Waals surface area contributed by atoms with Gasteiger partial charge in [0.15, 0.2) is 12.2 Å². The number of aliphatic hydroxyl groups excluding tert-OH is 1. The minimum absolute atomic E-state index is 0.108. The van der Waals surface area contributed by atoms with Crippen LogP contribution in [0.1, 0.15) is 394 Å². The second-order valence-electron chi connectivity index (χ2n) is 27.5. The molecule has 0 heterocycles. The van der Waals surface area contributed by atoms with Crippen molar-refractivity contribution in [2.75, 3.05) is 39.6 Å². The molecule has 17 nitrogen and oxygen atoms in total. The SMILES string of the molecule is CCCCCCCCCCCCCCCCCC(=O)OC[C@H](COP(=O)(O)OC[C@@H](O)COP(=O)(O)OC[C@@H](COC(=O)CCCCCCCCCC)OC(=O)CCCCCCCCCCCCCCCC)OC(=O)CCCCCCCCCCCCCCCCC(C)C. The lowest BCUT2D eigenvalue weighted by Crippen LogP contribution is -2.30. The summed E-state index contributed by atoms with van der Waals surface area (Å²) >= 11 is 0. The zero-order valence-electron chi connectivity index (χ0n) is 61.1. The Kier molecular flexibility index (Phi) is 66.8. The van der Waals surface area contributed by atoms with Gasteiger partial charge in [-0.2, -0.15) is 0 Å². The van der Waals surface area contributed by atoms with Gasteiger partial charge in [-0.15, -0.1) is 0 Å². The number of ether oxygens (including phenoxy) is 4. The predicted octanol–water partition coefficient (Wildman–Crippen LogP) is 22.1. The van der Waals surface area contributed by atoms with Gasteiger partial charge in [0, 0.05) is 25.7 Å². The minimum Gasteiger partial charge on any atom is -0.462 e. The third-order valence-corrected chi connectivity index (χ3v) is 19.4. The van der Waals surface area contributed by atoms with Crippen molar-refractivity contribution in [3.8, 4) is 0 Å². The number of carbonyl (C=O) groups excluding carboxylic acids is 4. The van der Waals surface area contributed by atoms with E-state index in [2.05, 4.69) is 34.6 Å². The van der Waals surface area contributed by atoms with Crippen LogP contribution in [0.3, 0.4) is 0 Å². The fraction of sp³-hybridized carbons (Fsp3) is 0.947. The average Bonchev–Trinajstić information content (AvgIpc) is 1.09. The highest BCUT2D eigenvalue weighted by Gasteiger charge is 2.30. The molecule has 0 aliphatic heterocycles. The highest BCUT2D eigenvalue weighted by atomic mass is 31.2. The fourth-order valence-corrected chi connectivity index (χ4v) is 13.1. The quantitative estimate of drug-likeness (QED) is 0.0222. The number of rotatable bonds is 75. The van der Waals surface area contributed by atoms with Crippen molar-refractivity contribution in [3.05, 3.63) is 0 Å². The van der Waals surface area contributed by atoms with Gasteiger partial charge >= 0.3 is 39.5 Å². The van der Waals surface area contributed by atoms with Crippen LogP contribution >= 0.6 is 15.6 Å². The Morgan fingerprint density at radius 3 is 0.723 bits per heavy atom. The molecule has 0 aliphatic rings. The molecule has 0 aromatic rings. The molecule has 19 heteroatoms. The highest BCUT2D eigenvalue weighted by Crippen LogP contribution is 2.45. The lowest BCUT2D eigenvalue weighted by molar-refractivity contribution is -0.161. The van der Waals surface area contributed by atoms with E-state index in [1.54, 1.807) is 0 Å². The molecule has 0 radical (unpaired) electrons. The standard InChI is InChI=1S/C75H146O17P2/c1-6-9-12-15-18-21-23-25-27-32-35-39-44-49-54-59-73(78)86-65-71(92-75(80)61-56-51-46-41-37-33-29-28-30-34-38-42-47-52-57-68(4)5)67-90-94(83,84)88-63-69(76)62-87-93(81,82)89-66-70(64-85-72(77)58-53-48-43-20-17-14-11-8-3)91-74(79)60-55-50-45-40-36-31-26-24-22-19-16-13-10-7-2/h68-71,76H,6-67H2,1-5H3,(H,81,82)(H,83,84)/t69-,70+,71+/m0/s1. The smallest absolute Gasteiger partial charge is 0.462 e. The number of phosphoric acid groups is 2. The van der Waals surface area contributed by atoms with E-state index in [0.29, 0.717) is 25.7 Å². The molecule has 3 N–H and O–H groups in total. The van der Waals surface area contributed by atoms with Crippen LogP contribution in [0.4, 0.5) is 0 Å². The molecule has 0 aromatic heterocycles. The van der Waals surface area contributed by atoms with Crippen LogP contribution in [0.5, 0.6) is 0 Å². The molecule has 2 unspecified atom stereocenters.